The first-order valence-corrected chi connectivity index (χ1v) is 2.72. The highest BCUT2D eigenvalue weighted by Gasteiger charge is 2.24. The Morgan fingerprint density at radius 1 is 1.60 bits per heavy atom. The van der Waals surface area contributed by atoms with Crippen LogP contribution in [0.25, 0.3) is 0 Å². The first kappa shape index (κ1) is 9.48. The van der Waals surface area contributed by atoms with Gasteiger partial charge in [-0.05, 0) is 11.4 Å². The predicted octanol–water partition coefficient (Wildman–Crippen LogP) is -0.803. The van der Waals surface area contributed by atoms with Crippen molar-refractivity contribution in [2.45, 2.75) is 25.2 Å². The highest BCUT2D eigenvalue weighted by Crippen LogP contribution is 2.01. The number of hydrogen-bond acceptors (Lipinski definition) is 4. The predicted molar refractivity (Wildman–Crippen MR) is 29.7 cm³/mol. The van der Waals surface area contributed by atoms with Gasteiger partial charge in [-0.25, -0.2) is 0 Å². The monoisotopic (exact) mass is 152 g/mol. The molecule has 0 saturated heterocycles. The molecule has 0 amide bonds. The molecule has 0 aromatic rings. The molecule has 60 valence electrons. The molecule has 0 rings (SSSR count). The van der Waals surface area contributed by atoms with Crippen molar-refractivity contribution in [3.63, 3.8) is 0 Å². The van der Waals surface area contributed by atoms with Crippen LogP contribution in [0.15, 0.2) is 0 Å². The summed E-state index contributed by atoms with van der Waals surface area (Å²) in [6.07, 6.45) is -4.22. The molecule has 0 aliphatic rings. The van der Waals surface area contributed by atoms with Gasteiger partial charge in [-0.1, -0.05) is 0 Å². The zero-order valence-electron chi connectivity index (χ0n) is 5.40. The van der Waals surface area contributed by atoms with E-state index in [0.717, 1.165) is 0 Å². The van der Waals surface area contributed by atoms with Crippen LogP contribution in [-0.2, 0) is 9.74 Å². The van der Waals surface area contributed by atoms with Crippen LogP contribution in [0, 0.1) is 0 Å². The number of carbonyl (C=O) groups excluding carboxylic acids is 1. The van der Waals surface area contributed by atoms with Crippen molar-refractivity contribution in [1.82, 2.24) is 0 Å². The van der Waals surface area contributed by atoms with E-state index in [4.69, 9.17) is 10.2 Å². The van der Waals surface area contributed by atoms with Crippen LogP contribution in [0.4, 0.5) is 4.53 Å². The topological polar surface area (TPSA) is 66.8 Å². The number of carbonyl (C=O) groups is 1. The summed E-state index contributed by atoms with van der Waals surface area (Å²) < 4.78 is 11.3. The van der Waals surface area contributed by atoms with Gasteiger partial charge in [-0.15, -0.1) is 0 Å². The summed E-state index contributed by atoms with van der Waals surface area (Å²) in [5.41, 5.74) is 0. The molecule has 0 aliphatic heterocycles. The van der Waals surface area contributed by atoms with Crippen molar-refractivity contribution in [3.05, 3.63) is 0 Å². The SMILES string of the molecule is CC(O)C(O)C(C=O)OF. The lowest BCUT2D eigenvalue weighted by molar-refractivity contribution is -0.211. The lowest BCUT2D eigenvalue weighted by Gasteiger charge is -2.15. The van der Waals surface area contributed by atoms with Crippen LogP contribution in [0.5, 0.6) is 0 Å². The van der Waals surface area contributed by atoms with Crippen molar-refractivity contribution in [3.8, 4) is 0 Å². The minimum atomic E-state index is -1.60. The highest BCUT2D eigenvalue weighted by atomic mass is 19.3. The van der Waals surface area contributed by atoms with E-state index in [1.165, 1.54) is 6.92 Å². The fourth-order valence-electron chi connectivity index (χ4n) is 0.429. The van der Waals surface area contributed by atoms with E-state index >= 15 is 0 Å². The molecule has 4 nitrogen and oxygen atoms in total. The molecule has 5 heteroatoms. The second kappa shape index (κ2) is 4.32. The fraction of sp³-hybridized carbons (Fsp3) is 0.800. The molecule has 0 heterocycles. The van der Waals surface area contributed by atoms with Crippen LogP contribution in [0.1, 0.15) is 6.92 Å². The Morgan fingerprint density at radius 3 is 2.20 bits per heavy atom. The Labute approximate surface area is 57.1 Å². The summed E-state index contributed by atoms with van der Waals surface area (Å²) in [6.45, 7) is 1.22. The maximum atomic E-state index is 11.3. The van der Waals surface area contributed by atoms with Crippen LogP contribution in [0.3, 0.4) is 0 Å². The Balaban J connectivity index is 3.87. The molecule has 0 aromatic heterocycles. The third-order valence-electron chi connectivity index (χ3n) is 1.07. The van der Waals surface area contributed by atoms with Crippen molar-refractivity contribution in [2.24, 2.45) is 0 Å². The molecule has 0 spiro atoms. The minimum absolute atomic E-state index is 0.0807. The number of aliphatic hydroxyl groups is 2. The fourth-order valence-corrected chi connectivity index (χ4v) is 0.429. The Bertz CT molecular complexity index is 106. The molecule has 0 fully saturated rings. The molecule has 0 radical (unpaired) electrons. The molecule has 0 saturated carbocycles. The van der Waals surface area contributed by atoms with Gasteiger partial charge in [0.2, 0.25) is 0 Å². The van der Waals surface area contributed by atoms with E-state index in [9.17, 15) is 9.32 Å². The summed E-state index contributed by atoms with van der Waals surface area (Å²) in [5.74, 6) is 0. The molecule has 2 N–H and O–H groups in total. The molecule has 3 unspecified atom stereocenters. The van der Waals surface area contributed by atoms with E-state index in [0.29, 0.717) is 0 Å². The standard InChI is InChI=1S/C5H9FO4/c1-3(8)5(9)4(2-7)10-6/h2-5,8-9H,1H3. The zero-order valence-corrected chi connectivity index (χ0v) is 5.40. The maximum Gasteiger partial charge on any atom is 0.181 e. The van der Waals surface area contributed by atoms with Crippen molar-refractivity contribution < 1.29 is 24.5 Å². The second-order valence-corrected chi connectivity index (χ2v) is 1.92. The Kier molecular flexibility index (Phi) is 4.10. The molecular formula is C5H9FO4. The number of aldehydes is 1. The van der Waals surface area contributed by atoms with Crippen molar-refractivity contribution >= 4 is 6.29 Å². The summed E-state index contributed by atoms with van der Waals surface area (Å²) in [4.78, 5) is 12.9. The second-order valence-electron chi connectivity index (χ2n) is 1.92. The van der Waals surface area contributed by atoms with Gasteiger partial charge < -0.3 is 15.0 Å². The quantitative estimate of drug-likeness (QED) is 0.517. The third kappa shape index (κ3) is 2.38. The minimum Gasteiger partial charge on any atom is -0.391 e. The molecule has 10 heavy (non-hydrogen) atoms. The number of aliphatic hydroxyl groups excluding tert-OH is 2. The molecule has 0 aromatic carbocycles. The van der Waals surface area contributed by atoms with E-state index in [1.807, 2.05) is 0 Å². The first-order valence-electron chi connectivity index (χ1n) is 2.72. The van der Waals surface area contributed by atoms with Gasteiger partial charge in [0.05, 0.1) is 6.10 Å². The van der Waals surface area contributed by atoms with E-state index in [-0.39, 0.29) is 6.29 Å². The van der Waals surface area contributed by atoms with Crippen LogP contribution >= 0.6 is 0 Å². The molecule has 0 aliphatic carbocycles. The zero-order chi connectivity index (χ0) is 8.15. The first-order chi connectivity index (χ1) is 4.63. The number of halogens is 1. The van der Waals surface area contributed by atoms with E-state index < -0.39 is 18.3 Å². The summed E-state index contributed by atoms with van der Waals surface area (Å²) in [7, 11) is 0. The van der Waals surface area contributed by atoms with Gasteiger partial charge in [0.25, 0.3) is 0 Å². The van der Waals surface area contributed by atoms with Crippen LogP contribution in [-0.4, -0.2) is 34.8 Å². The van der Waals surface area contributed by atoms with Gasteiger partial charge in [0.15, 0.2) is 12.4 Å². The van der Waals surface area contributed by atoms with Crippen LogP contribution < -0.4 is 0 Å². The van der Waals surface area contributed by atoms with Gasteiger partial charge in [0.1, 0.15) is 6.10 Å². The van der Waals surface area contributed by atoms with Gasteiger partial charge in [0, 0.05) is 0 Å². The van der Waals surface area contributed by atoms with E-state index in [1.54, 1.807) is 0 Å². The van der Waals surface area contributed by atoms with Crippen molar-refractivity contribution in [1.29, 1.82) is 0 Å². The third-order valence-corrected chi connectivity index (χ3v) is 1.07. The van der Waals surface area contributed by atoms with Gasteiger partial charge in [-0.3, -0.25) is 0 Å². The highest BCUT2D eigenvalue weighted by molar-refractivity contribution is 5.57. The maximum absolute atomic E-state index is 11.3. The van der Waals surface area contributed by atoms with E-state index in [2.05, 4.69) is 4.94 Å². The largest absolute Gasteiger partial charge is 0.391 e. The summed E-state index contributed by atoms with van der Waals surface area (Å²) in [5, 5.41) is 17.3. The average molecular weight is 152 g/mol. The van der Waals surface area contributed by atoms with Gasteiger partial charge in [-0.2, -0.15) is 4.94 Å². The molecule has 0 bridgehead atoms. The number of hydrogen-bond donors (Lipinski definition) is 2. The number of rotatable bonds is 4. The lowest BCUT2D eigenvalue weighted by Crippen LogP contribution is -2.37. The average Bonchev–Trinajstić information content (AvgIpc) is 1.90. The van der Waals surface area contributed by atoms with Crippen LogP contribution in [0.2, 0.25) is 0 Å². The molecule has 3 atom stereocenters. The van der Waals surface area contributed by atoms with Gasteiger partial charge >= 0.3 is 0 Å². The summed E-state index contributed by atoms with van der Waals surface area (Å²) in [6, 6.07) is 0. The summed E-state index contributed by atoms with van der Waals surface area (Å²) >= 11 is 0. The lowest BCUT2D eigenvalue weighted by atomic mass is 10.1. The van der Waals surface area contributed by atoms with Crippen molar-refractivity contribution in [2.75, 3.05) is 0 Å². The Morgan fingerprint density at radius 2 is 2.10 bits per heavy atom. The molecular weight excluding hydrogens is 143 g/mol. The smallest absolute Gasteiger partial charge is 0.181 e. The normalized spacial score (nSPS) is 19.6. The Hall–Kier alpha value is -0.520.